The maximum Gasteiger partial charge on any atom is 0.242 e. The Kier molecular flexibility index (Phi) is 10.5. The molecule has 1 N–H and O–H groups in total. The largest absolute Gasteiger partial charge is 0.352 e. The van der Waals surface area contributed by atoms with Crippen LogP contribution < -0.4 is 5.32 Å². The zero-order chi connectivity index (χ0) is 23.0. The number of thioether (sulfide) groups is 1. The van der Waals surface area contributed by atoms with Gasteiger partial charge in [0.05, 0.1) is 5.75 Å². The van der Waals surface area contributed by atoms with Crippen molar-refractivity contribution < 1.29 is 9.59 Å². The SMILES string of the molecule is CCC(C)NC(=O)C(C)N(Cc1c(Cl)cccc1Cl)C(=O)CSCc1ccccc1Cl. The molecule has 0 saturated heterocycles. The summed E-state index contributed by atoms with van der Waals surface area (Å²) in [6.45, 7) is 5.80. The van der Waals surface area contributed by atoms with Gasteiger partial charge in [-0.25, -0.2) is 0 Å². The van der Waals surface area contributed by atoms with E-state index in [4.69, 9.17) is 34.8 Å². The van der Waals surface area contributed by atoms with Crippen molar-refractivity contribution in [3.8, 4) is 0 Å². The lowest BCUT2D eigenvalue weighted by atomic mass is 10.1. The quantitative estimate of drug-likeness (QED) is 0.421. The van der Waals surface area contributed by atoms with Crippen molar-refractivity contribution in [1.29, 1.82) is 0 Å². The van der Waals surface area contributed by atoms with Crippen LogP contribution >= 0.6 is 46.6 Å². The van der Waals surface area contributed by atoms with E-state index in [0.717, 1.165) is 12.0 Å². The van der Waals surface area contributed by atoms with Gasteiger partial charge in [0.25, 0.3) is 0 Å². The first-order valence-corrected chi connectivity index (χ1v) is 12.4. The van der Waals surface area contributed by atoms with Crippen molar-refractivity contribution in [2.24, 2.45) is 0 Å². The number of carbonyl (C=O) groups is 2. The van der Waals surface area contributed by atoms with Crippen LogP contribution in [0.15, 0.2) is 42.5 Å². The number of benzene rings is 2. The minimum absolute atomic E-state index is 0.0189. The Hall–Kier alpha value is -1.40. The van der Waals surface area contributed by atoms with Crippen LogP contribution in [0.1, 0.15) is 38.3 Å². The summed E-state index contributed by atoms with van der Waals surface area (Å²) in [6.07, 6.45) is 0.802. The monoisotopic (exact) mass is 500 g/mol. The summed E-state index contributed by atoms with van der Waals surface area (Å²) in [4.78, 5) is 27.4. The average molecular weight is 502 g/mol. The van der Waals surface area contributed by atoms with Crippen LogP contribution in [0.5, 0.6) is 0 Å². The Labute approximate surface area is 203 Å². The number of amides is 2. The normalized spacial score (nSPS) is 12.8. The zero-order valence-corrected chi connectivity index (χ0v) is 20.9. The molecule has 2 aromatic carbocycles. The molecule has 0 saturated carbocycles. The molecule has 0 radical (unpaired) electrons. The molecule has 4 nitrogen and oxygen atoms in total. The number of nitrogens with zero attached hydrogens (tertiary/aromatic N) is 1. The molecule has 0 aliphatic carbocycles. The highest BCUT2D eigenvalue weighted by Gasteiger charge is 2.28. The van der Waals surface area contributed by atoms with Crippen molar-refractivity contribution in [2.75, 3.05) is 5.75 Å². The average Bonchev–Trinajstić information content (AvgIpc) is 2.74. The van der Waals surface area contributed by atoms with Gasteiger partial charge in [0.1, 0.15) is 6.04 Å². The molecule has 0 fully saturated rings. The van der Waals surface area contributed by atoms with Gasteiger partial charge in [0.2, 0.25) is 11.8 Å². The lowest BCUT2D eigenvalue weighted by Crippen LogP contribution is -2.50. The third kappa shape index (κ3) is 7.60. The third-order valence-corrected chi connectivity index (χ3v) is 7.04. The van der Waals surface area contributed by atoms with Crippen LogP contribution in [0.2, 0.25) is 15.1 Å². The van der Waals surface area contributed by atoms with Crippen molar-refractivity contribution in [3.63, 3.8) is 0 Å². The molecular formula is C23H27Cl3N2O2S. The van der Waals surface area contributed by atoms with Gasteiger partial charge >= 0.3 is 0 Å². The second kappa shape index (κ2) is 12.6. The maximum atomic E-state index is 13.2. The Morgan fingerprint density at radius 3 is 2.23 bits per heavy atom. The maximum absolute atomic E-state index is 13.2. The molecule has 0 heterocycles. The minimum atomic E-state index is -0.672. The van der Waals surface area contributed by atoms with Gasteiger partial charge in [-0.15, -0.1) is 11.8 Å². The van der Waals surface area contributed by atoms with Crippen LogP contribution in [0, 0.1) is 0 Å². The smallest absolute Gasteiger partial charge is 0.242 e. The fourth-order valence-corrected chi connectivity index (χ4v) is 4.56. The number of halogens is 3. The summed E-state index contributed by atoms with van der Waals surface area (Å²) in [7, 11) is 0. The molecule has 168 valence electrons. The summed E-state index contributed by atoms with van der Waals surface area (Å²) in [5.41, 5.74) is 1.59. The first-order valence-electron chi connectivity index (χ1n) is 10.1. The van der Waals surface area contributed by atoms with Gasteiger partial charge in [-0.05, 0) is 44.0 Å². The summed E-state index contributed by atoms with van der Waals surface area (Å²) in [6, 6.07) is 12.1. The molecule has 0 spiro atoms. The van der Waals surface area contributed by atoms with E-state index < -0.39 is 6.04 Å². The van der Waals surface area contributed by atoms with Crippen molar-refractivity contribution in [1.82, 2.24) is 10.2 Å². The first kappa shape index (κ1) is 25.9. The predicted molar refractivity (Wildman–Crippen MR) is 132 cm³/mol. The number of carbonyl (C=O) groups excluding carboxylic acids is 2. The van der Waals surface area contributed by atoms with Crippen LogP contribution in [0.3, 0.4) is 0 Å². The molecule has 2 rings (SSSR count). The molecule has 2 aromatic rings. The van der Waals surface area contributed by atoms with Gasteiger partial charge < -0.3 is 10.2 Å². The molecule has 0 aliphatic rings. The molecule has 2 amide bonds. The molecule has 2 unspecified atom stereocenters. The van der Waals surface area contributed by atoms with Gasteiger partial charge in [-0.1, -0.05) is 66.0 Å². The minimum Gasteiger partial charge on any atom is -0.352 e. The van der Waals surface area contributed by atoms with E-state index in [2.05, 4.69) is 5.32 Å². The summed E-state index contributed by atoms with van der Waals surface area (Å²) >= 11 is 20.3. The van der Waals surface area contributed by atoms with E-state index in [1.165, 1.54) is 16.7 Å². The topological polar surface area (TPSA) is 49.4 Å². The van der Waals surface area contributed by atoms with Crippen LogP contribution in [-0.4, -0.2) is 34.6 Å². The zero-order valence-electron chi connectivity index (χ0n) is 17.8. The van der Waals surface area contributed by atoms with Crippen molar-refractivity contribution >= 4 is 58.4 Å². The molecular weight excluding hydrogens is 475 g/mol. The lowest BCUT2D eigenvalue weighted by molar-refractivity contribution is -0.138. The second-order valence-electron chi connectivity index (χ2n) is 7.30. The predicted octanol–water partition coefficient (Wildman–Crippen LogP) is 6.21. The van der Waals surface area contributed by atoms with E-state index in [0.29, 0.717) is 26.4 Å². The summed E-state index contributed by atoms with van der Waals surface area (Å²) in [5, 5.41) is 4.54. The second-order valence-corrected chi connectivity index (χ2v) is 9.51. The molecule has 0 aliphatic heterocycles. The van der Waals surface area contributed by atoms with Crippen LogP contribution in [-0.2, 0) is 21.9 Å². The highest BCUT2D eigenvalue weighted by Crippen LogP contribution is 2.27. The van der Waals surface area contributed by atoms with Crippen molar-refractivity contribution in [3.05, 3.63) is 68.7 Å². The van der Waals surface area contributed by atoms with Crippen molar-refractivity contribution in [2.45, 2.75) is 51.6 Å². The number of hydrogen-bond acceptors (Lipinski definition) is 3. The van der Waals surface area contributed by atoms with E-state index in [-0.39, 0.29) is 30.2 Å². The Morgan fingerprint density at radius 1 is 1.00 bits per heavy atom. The number of rotatable bonds is 10. The highest BCUT2D eigenvalue weighted by atomic mass is 35.5. The fourth-order valence-electron chi connectivity index (χ4n) is 2.85. The lowest BCUT2D eigenvalue weighted by Gasteiger charge is -2.30. The van der Waals surface area contributed by atoms with E-state index in [1.807, 2.05) is 38.1 Å². The van der Waals surface area contributed by atoms with Crippen LogP contribution in [0.25, 0.3) is 0 Å². The third-order valence-electron chi connectivity index (χ3n) is 5.00. The highest BCUT2D eigenvalue weighted by molar-refractivity contribution is 7.99. The van der Waals surface area contributed by atoms with Gasteiger partial charge in [-0.3, -0.25) is 9.59 Å². The summed E-state index contributed by atoms with van der Waals surface area (Å²) < 4.78 is 0. The Balaban J connectivity index is 2.16. The molecule has 0 aromatic heterocycles. The van der Waals surface area contributed by atoms with Crippen LogP contribution in [0.4, 0.5) is 0 Å². The van der Waals surface area contributed by atoms with Gasteiger partial charge in [0, 0.05) is 39.0 Å². The number of nitrogens with one attached hydrogen (secondary N) is 1. The Morgan fingerprint density at radius 2 is 1.61 bits per heavy atom. The van der Waals surface area contributed by atoms with E-state index in [1.54, 1.807) is 25.1 Å². The molecule has 2 atom stereocenters. The number of hydrogen-bond donors (Lipinski definition) is 1. The fraction of sp³-hybridized carbons (Fsp3) is 0.391. The first-order chi connectivity index (χ1) is 14.7. The van der Waals surface area contributed by atoms with E-state index in [9.17, 15) is 9.59 Å². The standard InChI is InChI=1S/C23H27Cl3N2O2S/c1-4-15(2)27-23(30)16(3)28(12-18-20(25)10-7-11-21(18)26)22(29)14-31-13-17-8-5-6-9-19(17)24/h5-11,15-16H,4,12-14H2,1-3H3,(H,27,30). The molecule has 31 heavy (non-hydrogen) atoms. The molecule has 0 bridgehead atoms. The molecule has 8 heteroatoms. The Bertz CT molecular complexity index is 890. The van der Waals surface area contributed by atoms with Gasteiger partial charge in [-0.2, -0.15) is 0 Å². The van der Waals surface area contributed by atoms with E-state index >= 15 is 0 Å². The van der Waals surface area contributed by atoms with Gasteiger partial charge in [0.15, 0.2) is 0 Å². The summed E-state index contributed by atoms with van der Waals surface area (Å²) in [5.74, 6) is 0.426.